The van der Waals surface area contributed by atoms with Gasteiger partial charge in [0.05, 0.1) is 22.2 Å². The molecule has 0 fully saturated rings. The molecule has 4 heteroatoms. The van der Waals surface area contributed by atoms with Crippen LogP contribution in [0.4, 0.5) is 5.69 Å². The molecule has 1 N–H and O–H groups in total. The number of para-hydroxylation sites is 2. The third kappa shape index (κ3) is 4.25. The molecule has 1 atom stereocenters. The van der Waals surface area contributed by atoms with Gasteiger partial charge in [0.25, 0.3) is 0 Å². The van der Waals surface area contributed by atoms with E-state index in [4.69, 9.17) is 0 Å². The third-order valence-corrected chi connectivity index (χ3v) is 11.6. The van der Waals surface area contributed by atoms with E-state index in [0.29, 0.717) is 0 Å². The molecule has 0 saturated heterocycles. The molecule has 3 heterocycles. The van der Waals surface area contributed by atoms with Crippen molar-refractivity contribution in [2.24, 2.45) is 0 Å². The summed E-state index contributed by atoms with van der Waals surface area (Å²) < 4.78 is 4.90. The lowest BCUT2D eigenvalue weighted by molar-refractivity contribution is 1.02. The lowest BCUT2D eigenvalue weighted by Crippen LogP contribution is -2.01. The first-order chi connectivity index (χ1) is 24.8. The number of nitrogens with zero attached hydrogens (tertiary/aromatic N) is 2. The van der Waals surface area contributed by atoms with Crippen LogP contribution in [-0.4, -0.2) is 9.13 Å². The van der Waals surface area contributed by atoms with Gasteiger partial charge < -0.3 is 14.5 Å². The predicted molar refractivity (Wildman–Crippen MR) is 215 cm³/mol. The molecule has 0 amide bonds. The molecule has 11 rings (SSSR count). The molecular weight excluding hydrogens is 627 g/mol. The molecule has 240 valence electrons. The van der Waals surface area contributed by atoms with Gasteiger partial charge >= 0.3 is 0 Å². The zero-order chi connectivity index (χ0) is 33.3. The molecule has 0 bridgehead atoms. The predicted octanol–water partition coefficient (Wildman–Crippen LogP) is 12.8. The average Bonchev–Trinajstić information content (AvgIpc) is 3.97. The Morgan fingerprint density at radius 2 is 1.26 bits per heavy atom. The number of fused-ring (bicyclic) bond motifs is 11. The fraction of sp³-hybridized carbons (Fsp3) is 0.0870. The van der Waals surface area contributed by atoms with Crippen molar-refractivity contribution >= 4 is 77.8 Å². The maximum absolute atomic E-state index is 3.87. The minimum atomic E-state index is 0.214. The van der Waals surface area contributed by atoms with Gasteiger partial charge in [0.15, 0.2) is 0 Å². The van der Waals surface area contributed by atoms with Gasteiger partial charge in [-0.25, -0.2) is 0 Å². The van der Waals surface area contributed by atoms with E-state index < -0.39 is 0 Å². The van der Waals surface area contributed by atoms with Crippen LogP contribution in [0.15, 0.2) is 150 Å². The Labute approximate surface area is 295 Å². The molecule has 3 nitrogen and oxygen atoms in total. The summed E-state index contributed by atoms with van der Waals surface area (Å²) in [5, 5.41) is 13.0. The smallest absolute Gasteiger partial charge is 0.103 e. The number of benzene rings is 7. The molecule has 0 saturated carbocycles. The maximum atomic E-state index is 3.87. The number of aromatic nitrogens is 2. The molecular formula is C46H35N3S. The van der Waals surface area contributed by atoms with Crippen LogP contribution in [0.2, 0.25) is 0 Å². The van der Waals surface area contributed by atoms with E-state index in [0.717, 1.165) is 6.42 Å². The molecule has 0 radical (unpaired) electrons. The minimum Gasteiger partial charge on any atom is -0.368 e. The van der Waals surface area contributed by atoms with Crippen LogP contribution in [0.25, 0.3) is 71.7 Å². The monoisotopic (exact) mass is 661 g/mol. The molecule has 50 heavy (non-hydrogen) atoms. The highest BCUT2D eigenvalue weighted by Crippen LogP contribution is 2.51. The van der Waals surface area contributed by atoms with Crippen LogP contribution in [-0.2, 0) is 6.42 Å². The van der Waals surface area contributed by atoms with Crippen molar-refractivity contribution in [2.45, 2.75) is 30.5 Å². The second-order valence-corrected chi connectivity index (χ2v) is 14.1. The highest BCUT2D eigenvalue weighted by molar-refractivity contribution is 8.00. The first-order valence-electron chi connectivity index (χ1n) is 17.6. The van der Waals surface area contributed by atoms with Gasteiger partial charge in [0, 0.05) is 55.5 Å². The van der Waals surface area contributed by atoms with E-state index in [1.54, 1.807) is 0 Å². The quantitative estimate of drug-likeness (QED) is 0.190. The highest BCUT2D eigenvalue weighted by atomic mass is 32.2. The van der Waals surface area contributed by atoms with Crippen molar-refractivity contribution in [3.8, 4) is 11.4 Å². The zero-order valence-electron chi connectivity index (χ0n) is 28.0. The number of rotatable bonds is 3. The second kappa shape index (κ2) is 11.4. The number of hydrogen-bond donors (Lipinski definition) is 1. The van der Waals surface area contributed by atoms with Crippen LogP contribution in [0.3, 0.4) is 0 Å². The summed E-state index contributed by atoms with van der Waals surface area (Å²) >= 11 is 1.90. The molecule has 1 aliphatic heterocycles. The third-order valence-electron chi connectivity index (χ3n) is 10.4. The summed E-state index contributed by atoms with van der Waals surface area (Å²) in [6, 6.07) is 51.5. The van der Waals surface area contributed by atoms with E-state index in [9.17, 15) is 0 Å². The normalized spacial score (nSPS) is 14.7. The van der Waals surface area contributed by atoms with Gasteiger partial charge in [-0.2, -0.15) is 0 Å². The minimum absolute atomic E-state index is 0.214. The Morgan fingerprint density at radius 1 is 0.580 bits per heavy atom. The first-order valence-corrected chi connectivity index (χ1v) is 18.5. The topological polar surface area (TPSA) is 21.9 Å². The van der Waals surface area contributed by atoms with Gasteiger partial charge in [-0.1, -0.05) is 129 Å². The van der Waals surface area contributed by atoms with Crippen LogP contribution in [0.5, 0.6) is 0 Å². The number of nitrogens with one attached hydrogen (secondary N) is 1. The lowest BCUT2D eigenvalue weighted by atomic mass is 9.99. The second-order valence-electron chi connectivity index (χ2n) is 12.9. The van der Waals surface area contributed by atoms with Gasteiger partial charge in [0.2, 0.25) is 0 Å². The number of hydrogen-bond acceptors (Lipinski definition) is 2. The van der Waals surface area contributed by atoms with Gasteiger partial charge in [-0.15, -0.1) is 0 Å². The molecule has 2 aromatic heterocycles. The van der Waals surface area contributed by atoms with E-state index >= 15 is 0 Å². The summed E-state index contributed by atoms with van der Waals surface area (Å²) in [6.07, 6.45) is 5.53. The summed E-state index contributed by atoms with van der Waals surface area (Å²) in [4.78, 5) is 1.31. The van der Waals surface area contributed by atoms with Gasteiger partial charge in [-0.05, 0) is 70.3 Å². The Bertz CT molecular complexity index is 2820. The largest absolute Gasteiger partial charge is 0.368 e. The molecule has 1 unspecified atom stereocenters. The zero-order valence-corrected chi connectivity index (χ0v) is 28.8. The van der Waals surface area contributed by atoms with Crippen LogP contribution in [0, 0.1) is 0 Å². The van der Waals surface area contributed by atoms with Crippen molar-refractivity contribution in [1.82, 2.24) is 9.13 Å². The Hall–Kier alpha value is -5.71. The van der Waals surface area contributed by atoms with E-state index in [1.165, 1.54) is 93.0 Å². The van der Waals surface area contributed by atoms with E-state index in [1.807, 2.05) is 25.6 Å². The lowest BCUT2D eigenvalue weighted by Gasteiger charge is -2.14. The average molecular weight is 662 g/mol. The molecule has 1 aliphatic carbocycles. The number of anilines is 1. The van der Waals surface area contributed by atoms with Gasteiger partial charge in [-0.3, -0.25) is 0 Å². The fourth-order valence-corrected chi connectivity index (χ4v) is 9.39. The molecule has 2 aliphatic rings. The highest BCUT2D eigenvalue weighted by Gasteiger charge is 2.26. The maximum Gasteiger partial charge on any atom is 0.103 e. The van der Waals surface area contributed by atoms with Crippen molar-refractivity contribution in [3.05, 3.63) is 162 Å². The fourth-order valence-electron chi connectivity index (χ4n) is 8.24. The summed E-state index contributed by atoms with van der Waals surface area (Å²) in [5.41, 5.74) is 11.4. The van der Waals surface area contributed by atoms with Crippen molar-refractivity contribution in [3.63, 3.8) is 0 Å². The Balaban J connectivity index is 0.00000156. The van der Waals surface area contributed by atoms with Crippen LogP contribution in [0.1, 0.15) is 36.0 Å². The summed E-state index contributed by atoms with van der Waals surface area (Å²) in [6.45, 7) is 4.00. The number of allylic oxidation sites excluding steroid dienone is 1. The first kappa shape index (κ1) is 29.2. The van der Waals surface area contributed by atoms with Crippen molar-refractivity contribution < 1.29 is 0 Å². The van der Waals surface area contributed by atoms with Crippen LogP contribution >= 0.6 is 11.8 Å². The summed E-state index contributed by atoms with van der Waals surface area (Å²) in [5.74, 6) is 0. The molecule has 7 aromatic carbocycles. The Morgan fingerprint density at radius 3 is 2.12 bits per heavy atom. The van der Waals surface area contributed by atoms with Crippen molar-refractivity contribution in [1.29, 1.82) is 0 Å². The summed E-state index contributed by atoms with van der Waals surface area (Å²) in [7, 11) is 0. The Kier molecular flexibility index (Phi) is 6.68. The van der Waals surface area contributed by atoms with E-state index in [-0.39, 0.29) is 5.37 Å². The molecule has 0 spiro atoms. The van der Waals surface area contributed by atoms with Crippen LogP contribution < -0.4 is 5.32 Å². The SMILES string of the molecule is C1=Cc2c(n(-c3ccc4c(c3)c3ccccc3n4-c3ccc4c(ccc5ccc6c(c54)NC(c4ccccc4)S6)c3)c3ccccc23)C1.CC. The van der Waals surface area contributed by atoms with Crippen molar-refractivity contribution in [2.75, 3.05) is 5.32 Å². The number of thioether (sulfide) groups is 1. The molecule has 9 aromatic rings. The standard InChI is InChI=1S/C44H29N3S.C2H6/c1-2-9-28(10-3-1)44-45-43-41(48-44)24-19-27-17-18-29-25-30(20-22-32(29)42(27)43)46-38-15-7-5-12-35(38)36-26-31(21-23-40(36)46)47-37-14-6-4-11-33(37)34-13-8-16-39(34)47;1-2/h1-15,17-26,44-45H,16H2;1-2H3. The van der Waals surface area contributed by atoms with E-state index in [2.05, 4.69) is 166 Å². The van der Waals surface area contributed by atoms with Gasteiger partial charge in [0.1, 0.15) is 5.37 Å².